The molecule has 6 nitrogen and oxygen atoms in total. The van der Waals surface area contributed by atoms with Gasteiger partial charge in [0.15, 0.2) is 5.82 Å². The Hall–Kier alpha value is -1.79. The van der Waals surface area contributed by atoms with Crippen LogP contribution in [0.2, 0.25) is 10.0 Å². The van der Waals surface area contributed by atoms with Crippen molar-refractivity contribution in [1.29, 1.82) is 5.26 Å². The van der Waals surface area contributed by atoms with E-state index in [2.05, 4.69) is 14.1 Å². The fourth-order valence-electron chi connectivity index (χ4n) is 2.18. The van der Waals surface area contributed by atoms with Crippen molar-refractivity contribution in [3.8, 4) is 6.07 Å². The number of rotatable bonds is 5. The van der Waals surface area contributed by atoms with Crippen LogP contribution in [0.5, 0.6) is 0 Å². The molecular weight excluding hydrogens is 391 g/mol. The summed E-state index contributed by atoms with van der Waals surface area (Å²) in [7, 11) is -3.87. The van der Waals surface area contributed by atoms with Gasteiger partial charge in [-0.15, -0.1) is 0 Å². The number of aromatic nitrogens is 2. The largest absolute Gasteiger partial charge is 0.360 e. The molecule has 2 heterocycles. The molecule has 0 aliphatic heterocycles. The summed E-state index contributed by atoms with van der Waals surface area (Å²) in [5.41, 5.74) is 0.613. The number of hydrogen-bond acceptors (Lipinski definition) is 5. The molecule has 1 aromatic carbocycles. The summed E-state index contributed by atoms with van der Waals surface area (Å²) in [5.74, 6) is 0.0675. The molecule has 0 bridgehead atoms. The Balaban J connectivity index is 1.94. The number of hydrogen-bond donors (Lipinski definition) is 2. The Kier molecular flexibility index (Phi) is 4.69. The molecule has 2 aromatic heterocycles. The molecule has 0 unspecified atom stereocenters. The van der Waals surface area contributed by atoms with Crippen molar-refractivity contribution in [3.05, 3.63) is 39.3 Å². The minimum Gasteiger partial charge on any atom is -0.360 e. The highest BCUT2D eigenvalue weighted by Gasteiger charge is 2.22. The predicted molar refractivity (Wildman–Crippen MR) is 95.2 cm³/mol. The average Bonchev–Trinajstić information content (AvgIpc) is 3.10. The highest BCUT2D eigenvalue weighted by atomic mass is 35.5. The first-order chi connectivity index (χ1) is 11.4. The van der Waals surface area contributed by atoms with Crippen molar-refractivity contribution in [2.75, 3.05) is 4.72 Å². The summed E-state index contributed by atoms with van der Waals surface area (Å²) < 4.78 is 31.7. The number of anilines is 1. The number of sulfonamides is 1. The molecule has 0 spiro atoms. The second-order valence-electron chi connectivity index (χ2n) is 4.87. The van der Waals surface area contributed by atoms with Crippen LogP contribution in [-0.4, -0.2) is 17.8 Å². The lowest BCUT2D eigenvalue weighted by atomic mass is 10.2. The van der Waals surface area contributed by atoms with Gasteiger partial charge in [-0.3, -0.25) is 4.72 Å². The van der Waals surface area contributed by atoms with Crippen LogP contribution in [-0.2, 0) is 16.4 Å². The fraction of sp³-hybridized carbons (Fsp3) is 0.143. The van der Waals surface area contributed by atoms with Gasteiger partial charge in [-0.1, -0.05) is 23.2 Å². The summed E-state index contributed by atoms with van der Waals surface area (Å²) in [6, 6.07) is 6.91. The van der Waals surface area contributed by atoms with Gasteiger partial charge in [-0.05, 0) is 36.2 Å². The van der Waals surface area contributed by atoms with E-state index < -0.39 is 10.0 Å². The maximum atomic E-state index is 12.6. The maximum absolute atomic E-state index is 12.6. The van der Waals surface area contributed by atoms with Gasteiger partial charge in [0, 0.05) is 33.4 Å². The zero-order valence-electron chi connectivity index (χ0n) is 12.0. The van der Waals surface area contributed by atoms with Crippen LogP contribution in [0, 0.1) is 11.3 Å². The highest BCUT2D eigenvalue weighted by molar-refractivity contribution is 7.93. The first-order valence-electron chi connectivity index (χ1n) is 6.73. The van der Waals surface area contributed by atoms with E-state index in [1.165, 1.54) is 6.20 Å². The number of nitrogens with zero attached hydrogens (tertiary/aromatic N) is 2. The second-order valence-corrected chi connectivity index (χ2v) is 8.20. The molecule has 3 aromatic rings. The Morgan fingerprint density at radius 2 is 2.17 bits per heavy atom. The zero-order valence-corrected chi connectivity index (χ0v) is 15.2. The van der Waals surface area contributed by atoms with Crippen LogP contribution < -0.4 is 4.72 Å². The smallest absolute Gasteiger partial charge is 0.265 e. The van der Waals surface area contributed by atoms with Crippen molar-refractivity contribution in [2.24, 2.45) is 0 Å². The number of nitrogens with one attached hydrogen (secondary N) is 2. The van der Waals surface area contributed by atoms with Gasteiger partial charge in [-0.2, -0.15) is 9.64 Å². The van der Waals surface area contributed by atoms with Gasteiger partial charge in [0.25, 0.3) is 10.0 Å². The molecule has 0 aliphatic carbocycles. The highest BCUT2D eigenvalue weighted by Crippen LogP contribution is 2.33. The molecule has 124 valence electrons. The first-order valence-corrected chi connectivity index (χ1v) is 9.74. The van der Waals surface area contributed by atoms with E-state index in [0.717, 1.165) is 11.5 Å². The molecule has 10 heteroatoms. The molecule has 0 amide bonds. The Morgan fingerprint density at radius 3 is 2.92 bits per heavy atom. The Morgan fingerprint density at radius 1 is 1.38 bits per heavy atom. The number of benzene rings is 1. The number of fused-ring (bicyclic) bond motifs is 1. The SMILES string of the molecule is N#CCCc1snc(NS(=O)(=O)c2c[nH]c3cc(Cl)ccc23)c1Cl. The molecule has 2 N–H and O–H groups in total. The average molecular weight is 401 g/mol. The molecule has 0 atom stereocenters. The Labute approximate surface area is 152 Å². The van der Waals surface area contributed by atoms with Gasteiger partial charge in [-0.25, -0.2) is 8.42 Å². The molecular formula is C14H10Cl2N4O2S2. The van der Waals surface area contributed by atoms with E-state index in [1.54, 1.807) is 18.2 Å². The lowest BCUT2D eigenvalue weighted by Crippen LogP contribution is -2.13. The van der Waals surface area contributed by atoms with E-state index in [1.807, 2.05) is 6.07 Å². The fourth-order valence-corrected chi connectivity index (χ4v) is 4.70. The number of aromatic amines is 1. The van der Waals surface area contributed by atoms with E-state index in [9.17, 15) is 8.42 Å². The summed E-state index contributed by atoms with van der Waals surface area (Å²) in [4.78, 5) is 3.63. The van der Waals surface area contributed by atoms with Crippen LogP contribution >= 0.6 is 34.7 Å². The normalized spacial score (nSPS) is 11.5. The topological polar surface area (TPSA) is 98.6 Å². The lowest BCUT2D eigenvalue weighted by Gasteiger charge is -2.05. The molecule has 3 rings (SSSR count). The summed E-state index contributed by atoms with van der Waals surface area (Å²) in [6.45, 7) is 0. The zero-order chi connectivity index (χ0) is 17.3. The van der Waals surface area contributed by atoms with Crippen LogP contribution in [0.1, 0.15) is 11.3 Å². The van der Waals surface area contributed by atoms with E-state index in [0.29, 0.717) is 27.2 Å². The standard InChI is InChI=1S/C14H10Cl2N4O2S2/c15-8-3-4-9-10(6-8)18-7-12(9)24(21,22)20-14-13(16)11(23-19-14)2-1-5-17/h3-4,6-7,18H,1-2H2,(H,19,20). The predicted octanol–water partition coefficient (Wildman–Crippen LogP) is 4.19. The van der Waals surface area contributed by atoms with Gasteiger partial charge >= 0.3 is 0 Å². The minimum atomic E-state index is -3.87. The van der Waals surface area contributed by atoms with E-state index in [-0.39, 0.29) is 22.2 Å². The summed E-state index contributed by atoms with van der Waals surface area (Å²) in [6.07, 6.45) is 2.11. The number of halogens is 2. The number of H-pyrrole nitrogens is 1. The third-order valence-electron chi connectivity index (χ3n) is 3.29. The van der Waals surface area contributed by atoms with E-state index >= 15 is 0 Å². The van der Waals surface area contributed by atoms with Gasteiger partial charge in [0.2, 0.25) is 0 Å². The third-order valence-corrected chi connectivity index (χ3v) is 6.33. The molecule has 0 saturated carbocycles. The van der Waals surface area contributed by atoms with E-state index in [4.69, 9.17) is 28.5 Å². The van der Waals surface area contributed by atoms with Crippen LogP contribution in [0.15, 0.2) is 29.3 Å². The number of nitriles is 1. The minimum absolute atomic E-state index is 0.0675. The summed E-state index contributed by atoms with van der Waals surface area (Å²) >= 11 is 13.1. The van der Waals surface area contributed by atoms with Gasteiger partial charge in [0.05, 0.1) is 11.1 Å². The first kappa shape index (κ1) is 17.0. The quantitative estimate of drug-likeness (QED) is 0.670. The van der Waals surface area contributed by atoms with Crippen LogP contribution in [0.25, 0.3) is 10.9 Å². The molecule has 0 saturated heterocycles. The van der Waals surface area contributed by atoms with Crippen molar-refractivity contribution in [1.82, 2.24) is 9.36 Å². The monoisotopic (exact) mass is 400 g/mol. The van der Waals surface area contributed by atoms with Gasteiger partial charge in [0.1, 0.15) is 4.90 Å². The molecule has 0 fully saturated rings. The molecule has 0 radical (unpaired) electrons. The third kappa shape index (κ3) is 3.21. The Bertz CT molecular complexity index is 1050. The van der Waals surface area contributed by atoms with Crippen molar-refractivity contribution in [2.45, 2.75) is 17.7 Å². The van der Waals surface area contributed by atoms with Gasteiger partial charge < -0.3 is 4.98 Å². The van der Waals surface area contributed by atoms with Crippen LogP contribution in [0.3, 0.4) is 0 Å². The summed E-state index contributed by atoms with van der Waals surface area (Å²) in [5, 5.41) is 9.87. The number of aryl methyl sites for hydroxylation is 1. The van der Waals surface area contributed by atoms with Crippen molar-refractivity contribution in [3.63, 3.8) is 0 Å². The second kappa shape index (κ2) is 6.61. The lowest BCUT2D eigenvalue weighted by molar-refractivity contribution is 0.602. The maximum Gasteiger partial charge on any atom is 0.265 e. The van der Waals surface area contributed by atoms with Crippen molar-refractivity contribution < 1.29 is 8.42 Å². The van der Waals surface area contributed by atoms with Crippen LogP contribution in [0.4, 0.5) is 5.82 Å². The molecule has 24 heavy (non-hydrogen) atoms. The molecule has 0 aliphatic rings. The van der Waals surface area contributed by atoms with Crippen molar-refractivity contribution >= 4 is 61.5 Å².